The highest BCUT2D eigenvalue weighted by molar-refractivity contribution is 7.13. The maximum atomic E-state index is 11.7. The fourth-order valence-corrected chi connectivity index (χ4v) is 3.82. The SMILES string of the molecule is Cc1csc(=O)n1Cc1ccc(-c2nc(CCl)cs2)cc1. The second kappa shape index (κ2) is 6.13. The van der Waals surface area contributed by atoms with Crippen molar-refractivity contribution in [3.8, 4) is 10.6 Å². The molecular formula is C15H13ClN2OS2. The van der Waals surface area contributed by atoms with Gasteiger partial charge in [-0.2, -0.15) is 0 Å². The second-order valence-corrected chi connectivity index (χ2v) is 6.65. The third-order valence-corrected chi connectivity index (χ3v) is 5.30. The summed E-state index contributed by atoms with van der Waals surface area (Å²) in [4.78, 5) is 16.3. The molecule has 0 N–H and O–H groups in total. The molecule has 3 aromatic rings. The smallest absolute Gasteiger partial charge is 0.299 e. The molecule has 0 unspecified atom stereocenters. The van der Waals surface area contributed by atoms with Crippen molar-refractivity contribution in [2.45, 2.75) is 19.3 Å². The molecule has 1 aromatic carbocycles. The van der Waals surface area contributed by atoms with Crippen LogP contribution in [0, 0.1) is 6.92 Å². The highest BCUT2D eigenvalue weighted by Crippen LogP contribution is 2.24. The molecule has 0 aliphatic heterocycles. The van der Waals surface area contributed by atoms with Gasteiger partial charge in [-0.3, -0.25) is 9.36 Å². The van der Waals surface area contributed by atoms with Crippen LogP contribution in [0.5, 0.6) is 0 Å². The molecule has 0 amide bonds. The molecule has 0 saturated heterocycles. The predicted molar refractivity (Wildman–Crippen MR) is 89.5 cm³/mol. The van der Waals surface area contributed by atoms with Crippen LogP contribution >= 0.6 is 34.3 Å². The Morgan fingerprint density at radius 2 is 1.95 bits per heavy atom. The van der Waals surface area contributed by atoms with E-state index in [1.807, 2.05) is 41.9 Å². The number of halogens is 1. The number of aromatic nitrogens is 2. The average Bonchev–Trinajstić information content (AvgIpc) is 3.10. The Morgan fingerprint density at radius 3 is 2.52 bits per heavy atom. The molecule has 2 aromatic heterocycles. The molecule has 2 heterocycles. The van der Waals surface area contributed by atoms with Crippen LogP contribution in [-0.4, -0.2) is 9.55 Å². The first-order chi connectivity index (χ1) is 10.2. The Labute approximate surface area is 135 Å². The third kappa shape index (κ3) is 3.10. The van der Waals surface area contributed by atoms with E-state index in [2.05, 4.69) is 4.98 Å². The Kier molecular flexibility index (Phi) is 4.24. The van der Waals surface area contributed by atoms with Crippen molar-refractivity contribution >= 4 is 34.3 Å². The van der Waals surface area contributed by atoms with Crippen molar-refractivity contribution in [1.82, 2.24) is 9.55 Å². The van der Waals surface area contributed by atoms with E-state index in [0.29, 0.717) is 12.4 Å². The molecule has 3 rings (SSSR count). The molecular weight excluding hydrogens is 324 g/mol. The van der Waals surface area contributed by atoms with E-state index in [9.17, 15) is 4.79 Å². The number of hydrogen-bond donors (Lipinski definition) is 0. The molecule has 0 atom stereocenters. The molecule has 108 valence electrons. The Morgan fingerprint density at radius 1 is 1.19 bits per heavy atom. The highest BCUT2D eigenvalue weighted by Gasteiger charge is 2.06. The number of aryl methyl sites for hydroxylation is 1. The molecule has 0 aliphatic rings. The van der Waals surface area contributed by atoms with E-state index < -0.39 is 0 Å². The lowest BCUT2D eigenvalue weighted by molar-refractivity contribution is 0.755. The monoisotopic (exact) mass is 336 g/mol. The summed E-state index contributed by atoms with van der Waals surface area (Å²) in [5.41, 5.74) is 4.09. The van der Waals surface area contributed by atoms with E-state index in [1.165, 1.54) is 11.3 Å². The lowest BCUT2D eigenvalue weighted by Gasteiger charge is -2.05. The quantitative estimate of drug-likeness (QED) is 0.671. The summed E-state index contributed by atoms with van der Waals surface area (Å²) in [6, 6.07) is 8.17. The zero-order valence-electron chi connectivity index (χ0n) is 11.4. The number of nitrogens with zero attached hydrogens (tertiary/aromatic N) is 2. The summed E-state index contributed by atoms with van der Waals surface area (Å²) in [6.45, 7) is 2.56. The van der Waals surface area contributed by atoms with Gasteiger partial charge < -0.3 is 0 Å². The number of thiazole rings is 2. The molecule has 0 fully saturated rings. The first kappa shape index (κ1) is 14.5. The Balaban J connectivity index is 1.82. The number of rotatable bonds is 4. The van der Waals surface area contributed by atoms with Crippen LogP contribution in [0.4, 0.5) is 0 Å². The molecule has 3 nitrogen and oxygen atoms in total. The minimum Gasteiger partial charge on any atom is -0.299 e. The normalized spacial score (nSPS) is 11.0. The van der Waals surface area contributed by atoms with Gasteiger partial charge in [0.2, 0.25) is 0 Å². The zero-order chi connectivity index (χ0) is 14.8. The summed E-state index contributed by atoms with van der Waals surface area (Å²) in [5, 5.41) is 4.84. The summed E-state index contributed by atoms with van der Waals surface area (Å²) < 4.78 is 1.79. The van der Waals surface area contributed by atoms with Gasteiger partial charge in [0.1, 0.15) is 5.01 Å². The molecule has 0 radical (unpaired) electrons. The van der Waals surface area contributed by atoms with Gasteiger partial charge in [-0.25, -0.2) is 4.98 Å². The summed E-state index contributed by atoms with van der Waals surface area (Å²) in [5.74, 6) is 0.439. The number of benzene rings is 1. The van der Waals surface area contributed by atoms with Gasteiger partial charge in [0.15, 0.2) is 0 Å². The first-order valence-electron chi connectivity index (χ1n) is 6.42. The second-order valence-electron chi connectivity index (χ2n) is 4.70. The minimum absolute atomic E-state index is 0.0863. The number of hydrogen-bond acceptors (Lipinski definition) is 4. The van der Waals surface area contributed by atoms with E-state index in [0.717, 1.165) is 27.5 Å². The lowest BCUT2D eigenvalue weighted by atomic mass is 10.1. The maximum Gasteiger partial charge on any atom is 0.307 e. The van der Waals surface area contributed by atoms with Crippen LogP contribution in [0.2, 0.25) is 0 Å². The fourth-order valence-electron chi connectivity index (χ4n) is 2.03. The molecule has 0 saturated carbocycles. The van der Waals surface area contributed by atoms with Gasteiger partial charge in [0.25, 0.3) is 0 Å². The van der Waals surface area contributed by atoms with Gasteiger partial charge in [-0.1, -0.05) is 35.6 Å². The highest BCUT2D eigenvalue weighted by atomic mass is 35.5. The molecule has 6 heteroatoms. The third-order valence-electron chi connectivity index (χ3n) is 3.21. The summed E-state index contributed by atoms with van der Waals surface area (Å²) in [6.07, 6.45) is 0. The van der Waals surface area contributed by atoms with Gasteiger partial charge >= 0.3 is 4.87 Å². The fraction of sp³-hybridized carbons (Fsp3) is 0.200. The van der Waals surface area contributed by atoms with Crippen LogP contribution < -0.4 is 4.87 Å². The van der Waals surface area contributed by atoms with Gasteiger partial charge in [0, 0.05) is 22.0 Å². The van der Waals surface area contributed by atoms with E-state index >= 15 is 0 Å². The maximum absolute atomic E-state index is 11.7. The minimum atomic E-state index is 0.0863. The largest absolute Gasteiger partial charge is 0.307 e. The zero-order valence-corrected chi connectivity index (χ0v) is 13.8. The molecule has 0 aliphatic carbocycles. The Hall–Kier alpha value is -1.43. The van der Waals surface area contributed by atoms with Crippen molar-refractivity contribution in [2.24, 2.45) is 0 Å². The molecule has 21 heavy (non-hydrogen) atoms. The lowest BCUT2D eigenvalue weighted by Crippen LogP contribution is -2.15. The van der Waals surface area contributed by atoms with Crippen LogP contribution in [-0.2, 0) is 12.4 Å². The predicted octanol–water partition coefficient (Wildman–Crippen LogP) is 4.13. The summed E-state index contributed by atoms with van der Waals surface area (Å²) >= 11 is 8.61. The van der Waals surface area contributed by atoms with E-state index in [-0.39, 0.29) is 4.87 Å². The first-order valence-corrected chi connectivity index (χ1v) is 8.71. The number of alkyl halides is 1. The van der Waals surface area contributed by atoms with Gasteiger partial charge in [-0.15, -0.1) is 22.9 Å². The standard InChI is InChI=1S/C15H13ClN2OS2/c1-10-8-21-15(19)18(10)7-11-2-4-12(5-3-11)14-17-13(6-16)9-20-14/h2-5,8-9H,6-7H2,1H3. The van der Waals surface area contributed by atoms with Crippen LogP contribution in [0.3, 0.4) is 0 Å². The van der Waals surface area contributed by atoms with Gasteiger partial charge in [0.05, 0.1) is 18.1 Å². The van der Waals surface area contributed by atoms with Crippen molar-refractivity contribution in [3.05, 3.63) is 61.6 Å². The van der Waals surface area contributed by atoms with Crippen LogP contribution in [0.1, 0.15) is 17.0 Å². The Bertz CT molecular complexity index is 802. The van der Waals surface area contributed by atoms with Crippen molar-refractivity contribution in [3.63, 3.8) is 0 Å². The van der Waals surface area contributed by atoms with Crippen LogP contribution in [0.25, 0.3) is 10.6 Å². The molecule has 0 spiro atoms. The van der Waals surface area contributed by atoms with Crippen molar-refractivity contribution in [1.29, 1.82) is 0 Å². The van der Waals surface area contributed by atoms with Crippen molar-refractivity contribution < 1.29 is 0 Å². The summed E-state index contributed by atoms with van der Waals surface area (Å²) in [7, 11) is 0. The van der Waals surface area contributed by atoms with Crippen LogP contribution in [0.15, 0.2) is 39.8 Å². The van der Waals surface area contributed by atoms with Crippen molar-refractivity contribution in [2.75, 3.05) is 0 Å². The average molecular weight is 337 g/mol. The molecule has 0 bridgehead atoms. The van der Waals surface area contributed by atoms with Gasteiger partial charge in [-0.05, 0) is 12.5 Å². The van der Waals surface area contributed by atoms with E-state index in [4.69, 9.17) is 11.6 Å². The topological polar surface area (TPSA) is 34.9 Å². The van der Waals surface area contributed by atoms with E-state index in [1.54, 1.807) is 15.9 Å².